The molecule has 19 heavy (non-hydrogen) atoms. The van der Waals surface area contributed by atoms with Crippen LogP contribution in [0.3, 0.4) is 0 Å². The van der Waals surface area contributed by atoms with Crippen LogP contribution in [0, 0.1) is 5.92 Å². The summed E-state index contributed by atoms with van der Waals surface area (Å²) in [5, 5.41) is 11.6. The summed E-state index contributed by atoms with van der Waals surface area (Å²) < 4.78 is 0. The van der Waals surface area contributed by atoms with Crippen molar-refractivity contribution in [1.82, 2.24) is 5.32 Å². The van der Waals surface area contributed by atoms with E-state index in [0.29, 0.717) is 11.4 Å². The Morgan fingerprint density at radius 3 is 2.58 bits per heavy atom. The van der Waals surface area contributed by atoms with E-state index in [1.807, 2.05) is 0 Å². The van der Waals surface area contributed by atoms with Gasteiger partial charge in [0.2, 0.25) is 0 Å². The Morgan fingerprint density at radius 2 is 1.95 bits per heavy atom. The van der Waals surface area contributed by atoms with Gasteiger partial charge in [0.05, 0.1) is 4.88 Å². The van der Waals surface area contributed by atoms with Crippen LogP contribution < -0.4 is 5.32 Å². The second kappa shape index (κ2) is 6.70. The molecule has 1 heterocycles. The highest BCUT2D eigenvalue weighted by Gasteiger charge is 2.15. The van der Waals surface area contributed by atoms with Gasteiger partial charge in [0.15, 0.2) is 0 Å². The third-order valence-corrected chi connectivity index (χ3v) is 4.66. The molecule has 2 N–H and O–H groups in total. The molecule has 2 rings (SSSR count). The van der Waals surface area contributed by atoms with E-state index in [0.717, 1.165) is 23.7 Å². The summed E-state index contributed by atoms with van der Waals surface area (Å²) >= 11 is 1.02. The first-order chi connectivity index (χ1) is 9.16. The van der Waals surface area contributed by atoms with E-state index in [1.54, 1.807) is 6.07 Å². The Kier molecular flexibility index (Phi) is 4.96. The number of hydrogen-bond acceptors (Lipinski definition) is 3. The summed E-state index contributed by atoms with van der Waals surface area (Å²) in [6.45, 7) is 0.676. The molecule has 0 radical (unpaired) electrons. The quantitative estimate of drug-likeness (QED) is 0.787. The number of amides is 1. The maximum absolute atomic E-state index is 11.8. The SMILES string of the molecule is O=C(O)c1ccc(C(=O)NCCCC2CCCC2)s1. The molecular weight excluding hydrogens is 262 g/mol. The molecule has 1 fully saturated rings. The fourth-order valence-corrected chi connectivity index (χ4v) is 3.31. The zero-order chi connectivity index (χ0) is 13.7. The van der Waals surface area contributed by atoms with Crippen molar-refractivity contribution in [2.24, 2.45) is 5.92 Å². The van der Waals surface area contributed by atoms with Gasteiger partial charge < -0.3 is 10.4 Å². The fraction of sp³-hybridized carbons (Fsp3) is 0.571. The molecule has 1 aromatic heterocycles. The molecule has 5 heteroatoms. The smallest absolute Gasteiger partial charge is 0.345 e. The van der Waals surface area contributed by atoms with Gasteiger partial charge in [-0.05, 0) is 30.9 Å². The van der Waals surface area contributed by atoms with Crippen molar-refractivity contribution in [1.29, 1.82) is 0 Å². The largest absolute Gasteiger partial charge is 0.477 e. The number of carboxylic acid groups (broad SMARTS) is 1. The lowest BCUT2D eigenvalue weighted by molar-refractivity contribution is 0.0702. The maximum atomic E-state index is 11.8. The van der Waals surface area contributed by atoms with E-state index in [2.05, 4.69) is 5.32 Å². The van der Waals surface area contributed by atoms with Crippen molar-refractivity contribution in [3.05, 3.63) is 21.9 Å². The number of carbonyl (C=O) groups excluding carboxylic acids is 1. The van der Waals surface area contributed by atoms with Crippen molar-refractivity contribution in [2.45, 2.75) is 38.5 Å². The van der Waals surface area contributed by atoms with Crippen molar-refractivity contribution in [2.75, 3.05) is 6.54 Å². The summed E-state index contributed by atoms with van der Waals surface area (Å²) in [5.74, 6) is -0.300. The molecule has 0 unspecified atom stereocenters. The lowest BCUT2D eigenvalue weighted by Crippen LogP contribution is -2.23. The van der Waals surface area contributed by atoms with Crippen LogP contribution in [0.1, 0.15) is 57.9 Å². The Morgan fingerprint density at radius 1 is 1.26 bits per heavy atom. The highest BCUT2D eigenvalue weighted by Crippen LogP contribution is 2.28. The molecule has 0 bridgehead atoms. The molecule has 0 saturated heterocycles. The first-order valence-corrected chi connectivity index (χ1v) is 7.60. The van der Waals surface area contributed by atoms with Crippen LogP contribution in [-0.4, -0.2) is 23.5 Å². The molecule has 0 spiro atoms. The standard InChI is InChI=1S/C14H19NO3S/c16-13(11-7-8-12(19-11)14(17)18)15-9-3-6-10-4-1-2-5-10/h7-8,10H,1-6,9H2,(H,15,16)(H,17,18). The molecule has 0 aromatic carbocycles. The predicted octanol–water partition coefficient (Wildman–Crippen LogP) is 3.15. The second-order valence-electron chi connectivity index (χ2n) is 5.02. The minimum Gasteiger partial charge on any atom is -0.477 e. The minimum atomic E-state index is -0.981. The number of nitrogens with one attached hydrogen (secondary N) is 1. The number of thiophene rings is 1. The van der Waals surface area contributed by atoms with E-state index < -0.39 is 5.97 Å². The lowest BCUT2D eigenvalue weighted by atomic mass is 10.0. The second-order valence-corrected chi connectivity index (χ2v) is 6.10. The van der Waals surface area contributed by atoms with Crippen molar-refractivity contribution in [3.8, 4) is 0 Å². The highest BCUT2D eigenvalue weighted by molar-refractivity contribution is 7.15. The molecule has 1 saturated carbocycles. The van der Waals surface area contributed by atoms with Crippen LogP contribution in [0.15, 0.2) is 12.1 Å². The maximum Gasteiger partial charge on any atom is 0.345 e. The van der Waals surface area contributed by atoms with Crippen LogP contribution in [0.25, 0.3) is 0 Å². The number of hydrogen-bond donors (Lipinski definition) is 2. The summed E-state index contributed by atoms with van der Waals surface area (Å²) in [4.78, 5) is 23.2. The van der Waals surface area contributed by atoms with Gasteiger partial charge in [0.1, 0.15) is 4.88 Å². The zero-order valence-electron chi connectivity index (χ0n) is 10.9. The van der Waals surface area contributed by atoms with Gasteiger partial charge in [-0.15, -0.1) is 11.3 Å². The zero-order valence-corrected chi connectivity index (χ0v) is 11.7. The summed E-state index contributed by atoms with van der Waals surface area (Å²) in [5.41, 5.74) is 0. The van der Waals surface area contributed by atoms with Crippen LogP contribution in [0.2, 0.25) is 0 Å². The third kappa shape index (κ3) is 4.06. The van der Waals surface area contributed by atoms with Gasteiger partial charge in [-0.2, -0.15) is 0 Å². The van der Waals surface area contributed by atoms with Gasteiger partial charge in [-0.25, -0.2) is 4.79 Å². The summed E-state index contributed by atoms with van der Waals surface area (Å²) in [7, 11) is 0. The molecule has 4 nitrogen and oxygen atoms in total. The van der Waals surface area contributed by atoms with E-state index in [9.17, 15) is 9.59 Å². The first kappa shape index (κ1) is 14.1. The Labute approximate surface area is 116 Å². The summed E-state index contributed by atoms with van der Waals surface area (Å²) in [6, 6.07) is 3.04. The third-order valence-electron chi connectivity index (χ3n) is 3.59. The van der Waals surface area contributed by atoms with E-state index in [4.69, 9.17) is 5.11 Å². The van der Waals surface area contributed by atoms with Gasteiger partial charge >= 0.3 is 5.97 Å². The van der Waals surface area contributed by atoms with Crippen molar-refractivity contribution >= 4 is 23.2 Å². The Balaban J connectivity index is 1.69. The average molecular weight is 281 g/mol. The molecule has 104 valence electrons. The molecule has 1 aromatic rings. The normalized spacial score (nSPS) is 15.6. The molecular formula is C14H19NO3S. The van der Waals surface area contributed by atoms with Crippen LogP contribution >= 0.6 is 11.3 Å². The van der Waals surface area contributed by atoms with Gasteiger partial charge in [-0.1, -0.05) is 25.7 Å². The molecule has 1 aliphatic carbocycles. The van der Waals surface area contributed by atoms with E-state index in [1.165, 1.54) is 38.2 Å². The number of aromatic carboxylic acids is 1. The topological polar surface area (TPSA) is 66.4 Å². The Hall–Kier alpha value is -1.36. The first-order valence-electron chi connectivity index (χ1n) is 6.78. The highest BCUT2D eigenvalue weighted by atomic mass is 32.1. The molecule has 0 atom stereocenters. The molecule has 1 amide bonds. The number of carboxylic acids is 1. The molecule has 1 aliphatic rings. The fourth-order valence-electron chi connectivity index (χ4n) is 2.55. The van der Waals surface area contributed by atoms with Gasteiger partial charge in [0, 0.05) is 6.54 Å². The van der Waals surface area contributed by atoms with Crippen molar-refractivity contribution < 1.29 is 14.7 Å². The van der Waals surface area contributed by atoms with Crippen LogP contribution in [-0.2, 0) is 0 Å². The van der Waals surface area contributed by atoms with Crippen LogP contribution in [0.5, 0.6) is 0 Å². The average Bonchev–Trinajstić information content (AvgIpc) is 3.05. The van der Waals surface area contributed by atoms with E-state index in [-0.39, 0.29) is 10.8 Å². The predicted molar refractivity (Wildman–Crippen MR) is 74.8 cm³/mol. The monoisotopic (exact) mass is 281 g/mol. The minimum absolute atomic E-state index is 0.163. The number of rotatable bonds is 6. The van der Waals surface area contributed by atoms with Crippen LogP contribution in [0.4, 0.5) is 0 Å². The van der Waals surface area contributed by atoms with E-state index >= 15 is 0 Å². The number of carbonyl (C=O) groups is 2. The van der Waals surface area contributed by atoms with Gasteiger partial charge in [-0.3, -0.25) is 4.79 Å². The molecule has 0 aliphatic heterocycles. The Bertz CT molecular complexity index is 449. The van der Waals surface area contributed by atoms with Gasteiger partial charge in [0.25, 0.3) is 5.91 Å². The summed E-state index contributed by atoms with van der Waals surface area (Å²) in [6.07, 6.45) is 7.56. The lowest BCUT2D eigenvalue weighted by Gasteiger charge is -2.08. The van der Waals surface area contributed by atoms with Crippen molar-refractivity contribution in [3.63, 3.8) is 0 Å².